The Balaban J connectivity index is 1.59. The number of aromatic nitrogens is 2. The number of rotatable bonds is 12. The molecule has 1 heterocycles. The average Bonchev–Trinajstić information content (AvgIpc) is 3.35. The minimum atomic E-state index is -4.44. The Morgan fingerprint density at radius 3 is 2.35 bits per heavy atom. The molecule has 9 nitrogen and oxygen atoms in total. The van der Waals surface area contributed by atoms with Gasteiger partial charge in [0.05, 0.1) is 18.0 Å². The molecule has 1 aromatic heterocycles. The molecule has 0 bridgehead atoms. The number of anilines is 1. The Labute approximate surface area is 211 Å². The summed E-state index contributed by atoms with van der Waals surface area (Å²) < 4.78 is 49.4. The lowest BCUT2D eigenvalue weighted by molar-refractivity contribution is -0.138. The summed E-state index contributed by atoms with van der Waals surface area (Å²) in [5.41, 5.74) is 0.696. The fourth-order valence-corrected chi connectivity index (χ4v) is 3.30. The SMILES string of the molecule is CCC(C)C(COc1nnc(-c2ccc(C(F)(F)F)cc2)o1)Nc1ccc(C(=O)NCCC(=O)O)cc1. The van der Waals surface area contributed by atoms with Crippen LogP contribution in [-0.2, 0) is 11.0 Å². The predicted octanol–water partition coefficient (Wildman–Crippen LogP) is 4.87. The van der Waals surface area contributed by atoms with Crippen LogP contribution in [0.25, 0.3) is 11.5 Å². The van der Waals surface area contributed by atoms with Crippen molar-refractivity contribution < 1.29 is 37.0 Å². The van der Waals surface area contributed by atoms with Crippen molar-refractivity contribution in [1.29, 1.82) is 0 Å². The van der Waals surface area contributed by atoms with Gasteiger partial charge in [0.2, 0.25) is 0 Å². The summed E-state index contributed by atoms with van der Waals surface area (Å²) in [6.45, 7) is 4.27. The van der Waals surface area contributed by atoms with Crippen LogP contribution in [0.3, 0.4) is 0 Å². The smallest absolute Gasteiger partial charge is 0.416 e. The first-order chi connectivity index (χ1) is 17.6. The summed E-state index contributed by atoms with van der Waals surface area (Å²) in [7, 11) is 0. The minimum absolute atomic E-state index is 0.0361. The molecule has 37 heavy (non-hydrogen) atoms. The van der Waals surface area contributed by atoms with Gasteiger partial charge in [-0.05, 0) is 54.4 Å². The Bertz CT molecular complexity index is 1180. The number of nitrogens with one attached hydrogen (secondary N) is 2. The van der Waals surface area contributed by atoms with Crippen LogP contribution in [-0.4, -0.2) is 46.4 Å². The zero-order valence-electron chi connectivity index (χ0n) is 20.2. The Morgan fingerprint density at radius 1 is 1.08 bits per heavy atom. The molecule has 0 saturated carbocycles. The zero-order chi connectivity index (χ0) is 27.0. The number of ether oxygens (including phenoxy) is 1. The van der Waals surface area contributed by atoms with Crippen molar-refractivity contribution in [3.63, 3.8) is 0 Å². The van der Waals surface area contributed by atoms with E-state index in [2.05, 4.69) is 20.8 Å². The summed E-state index contributed by atoms with van der Waals surface area (Å²) in [4.78, 5) is 22.7. The van der Waals surface area contributed by atoms with E-state index in [0.717, 1.165) is 24.2 Å². The van der Waals surface area contributed by atoms with Gasteiger partial charge in [-0.2, -0.15) is 13.2 Å². The van der Waals surface area contributed by atoms with E-state index in [1.807, 2.05) is 13.8 Å². The highest BCUT2D eigenvalue weighted by molar-refractivity contribution is 5.94. The number of alkyl halides is 3. The lowest BCUT2D eigenvalue weighted by atomic mass is 9.99. The molecular weight excluding hydrogens is 493 g/mol. The number of carbonyl (C=O) groups excluding carboxylic acids is 1. The van der Waals surface area contributed by atoms with Gasteiger partial charge < -0.3 is 24.9 Å². The fourth-order valence-electron chi connectivity index (χ4n) is 3.30. The van der Waals surface area contributed by atoms with E-state index >= 15 is 0 Å². The van der Waals surface area contributed by atoms with Gasteiger partial charge in [-0.3, -0.25) is 9.59 Å². The standard InChI is InChI=1S/C25H27F3N4O5/c1-3-15(2)20(30-19-10-6-16(7-11-19)22(35)29-13-12-21(33)34)14-36-24-32-31-23(37-24)17-4-8-18(9-5-17)25(26,27)28/h4-11,15,20,30H,3,12-14H2,1-2H3,(H,29,35)(H,33,34). The van der Waals surface area contributed by atoms with Crippen molar-refractivity contribution in [2.45, 2.75) is 38.9 Å². The summed E-state index contributed by atoms with van der Waals surface area (Å²) in [5, 5.41) is 22.2. The molecule has 3 aromatic rings. The number of carboxylic acids is 1. The van der Waals surface area contributed by atoms with Crippen molar-refractivity contribution in [2.24, 2.45) is 5.92 Å². The number of nitrogens with zero attached hydrogens (tertiary/aromatic N) is 2. The summed E-state index contributed by atoms with van der Waals surface area (Å²) in [6, 6.07) is 10.9. The maximum atomic E-state index is 12.8. The van der Waals surface area contributed by atoms with E-state index in [4.69, 9.17) is 14.3 Å². The third-order valence-corrected chi connectivity index (χ3v) is 5.71. The Kier molecular flexibility index (Phi) is 9.10. The number of benzene rings is 2. The van der Waals surface area contributed by atoms with Crippen LogP contribution < -0.4 is 15.4 Å². The normalized spacial score (nSPS) is 13.0. The lowest BCUT2D eigenvalue weighted by Gasteiger charge is -2.24. The van der Waals surface area contributed by atoms with Crippen LogP contribution in [0.2, 0.25) is 0 Å². The van der Waals surface area contributed by atoms with Gasteiger partial charge in [0.25, 0.3) is 11.8 Å². The van der Waals surface area contributed by atoms with Crippen molar-refractivity contribution >= 4 is 17.6 Å². The number of aliphatic carboxylic acids is 1. The molecule has 2 aromatic carbocycles. The largest absolute Gasteiger partial charge is 0.481 e. The van der Waals surface area contributed by atoms with Gasteiger partial charge in [-0.15, -0.1) is 5.10 Å². The Hall–Kier alpha value is -4.09. The highest BCUT2D eigenvalue weighted by Crippen LogP contribution is 2.31. The average molecular weight is 521 g/mol. The molecule has 0 radical (unpaired) electrons. The van der Waals surface area contributed by atoms with Gasteiger partial charge in [-0.25, -0.2) is 0 Å². The van der Waals surface area contributed by atoms with Crippen molar-refractivity contribution in [1.82, 2.24) is 15.5 Å². The number of carbonyl (C=O) groups is 2. The monoisotopic (exact) mass is 520 g/mol. The molecule has 12 heteroatoms. The van der Waals surface area contributed by atoms with Crippen LogP contribution in [0, 0.1) is 5.92 Å². The third kappa shape index (κ3) is 7.95. The van der Waals surface area contributed by atoms with E-state index in [1.54, 1.807) is 24.3 Å². The van der Waals surface area contributed by atoms with E-state index in [1.165, 1.54) is 12.1 Å². The summed E-state index contributed by atoms with van der Waals surface area (Å²) in [6.07, 6.45) is -3.87. The first-order valence-electron chi connectivity index (χ1n) is 11.6. The molecular formula is C25H27F3N4O5. The number of amides is 1. The molecule has 0 aliphatic heterocycles. The molecule has 2 unspecified atom stereocenters. The number of hydrogen-bond donors (Lipinski definition) is 3. The lowest BCUT2D eigenvalue weighted by Crippen LogP contribution is -2.33. The zero-order valence-corrected chi connectivity index (χ0v) is 20.2. The Morgan fingerprint density at radius 2 is 1.76 bits per heavy atom. The second kappa shape index (κ2) is 12.2. The molecule has 3 rings (SSSR count). The quantitative estimate of drug-likeness (QED) is 0.309. The highest BCUT2D eigenvalue weighted by atomic mass is 19.4. The fraction of sp³-hybridized carbons (Fsp3) is 0.360. The van der Waals surface area contributed by atoms with Crippen LogP contribution in [0.4, 0.5) is 18.9 Å². The summed E-state index contributed by atoms with van der Waals surface area (Å²) >= 11 is 0. The van der Waals surface area contributed by atoms with Crippen molar-refractivity contribution in [3.8, 4) is 17.5 Å². The number of halogens is 3. The van der Waals surface area contributed by atoms with Gasteiger partial charge >= 0.3 is 18.2 Å². The van der Waals surface area contributed by atoms with E-state index in [-0.39, 0.29) is 49.4 Å². The van der Waals surface area contributed by atoms with Crippen LogP contribution in [0.5, 0.6) is 6.08 Å². The number of carboxylic acid groups (broad SMARTS) is 1. The molecule has 2 atom stereocenters. The molecule has 3 N–H and O–H groups in total. The molecule has 0 fully saturated rings. The molecule has 0 aliphatic carbocycles. The number of hydrogen-bond acceptors (Lipinski definition) is 7. The molecule has 0 spiro atoms. The topological polar surface area (TPSA) is 127 Å². The summed E-state index contributed by atoms with van der Waals surface area (Å²) in [5.74, 6) is -1.14. The van der Waals surface area contributed by atoms with Gasteiger partial charge in [0, 0.05) is 23.4 Å². The minimum Gasteiger partial charge on any atom is -0.481 e. The highest BCUT2D eigenvalue weighted by Gasteiger charge is 2.30. The van der Waals surface area contributed by atoms with Crippen molar-refractivity contribution in [3.05, 3.63) is 59.7 Å². The molecule has 1 amide bonds. The van der Waals surface area contributed by atoms with Gasteiger partial charge in [0.15, 0.2) is 0 Å². The first kappa shape index (κ1) is 27.5. The molecule has 0 aliphatic rings. The van der Waals surface area contributed by atoms with Gasteiger partial charge in [0.1, 0.15) is 6.61 Å². The van der Waals surface area contributed by atoms with E-state index in [0.29, 0.717) is 11.1 Å². The first-order valence-corrected chi connectivity index (χ1v) is 11.6. The molecule has 198 valence electrons. The van der Waals surface area contributed by atoms with E-state index < -0.39 is 17.7 Å². The van der Waals surface area contributed by atoms with Crippen LogP contribution >= 0.6 is 0 Å². The third-order valence-electron chi connectivity index (χ3n) is 5.71. The second-order valence-electron chi connectivity index (χ2n) is 8.37. The van der Waals surface area contributed by atoms with Crippen LogP contribution in [0.15, 0.2) is 52.9 Å². The second-order valence-corrected chi connectivity index (χ2v) is 8.37. The van der Waals surface area contributed by atoms with Crippen molar-refractivity contribution in [2.75, 3.05) is 18.5 Å². The predicted molar refractivity (Wildman–Crippen MR) is 128 cm³/mol. The van der Waals surface area contributed by atoms with Crippen LogP contribution in [0.1, 0.15) is 42.6 Å². The maximum Gasteiger partial charge on any atom is 0.416 e. The van der Waals surface area contributed by atoms with E-state index in [9.17, 15) is 22.8 Å². The maximum absolute atomic E-state index is 12.8. The van der Waals surface area contributed by atoms with Gasteiger partial charge in [-0.1, -0.05) is 25.4 Å². The molecule has 0 saturated heterocycles.